The Morgan fingerprint density at radius 1 is 1.11 bits per heavy atom. The minimum atomic E-state index is -0.0801. The molecule has 3 heterocycles. The zero-order valence-electron chi connectivity index (χ0n) is 16.9. The maximum atomic E-state index is 6.75. The van der Waals surface area contributed by atoms with Crippen molar-refractivity contribution in [3.63, 3.8) is 0 Å². The van der Waals surface area contributed by atoms with Crippen LogP contribution in [0.2, 0.25) is 0 Å². The van der Waals surface area contributed by atoms with Gasteiger partial charge in [0.25, 0.3) is 0 Å². The number of piperidine rings is 1. The van der Waals surface area contributed by atoms with Crippen LogP contribution in [0.15, 0.2) is 30.7 Å². The second-order valence-corrected chi connectivity index (χ2v) is 8.15. The number of hydrogen-bond donors (Lipinski definition) is 0. The van der Waals surface area contributed by atoms with Crippen molar-refractivity contribution in [1.29, 1.82) is 0 Å². The van der Waals surface area contributed by atoms with Gasteiger partial charge in [0, 0.05) is 63.9 Å². The summed E-state index contributed by atoms with van der Waals surface area (Å²) in [5.41, 5.74) is 3.82. The zero-order valence-corrected chi connectivity index (χ0v) is 16.9. The zero-order chi connectivity index (χ0) is 18.9. The van der Waals surface area contributed by atoms with E-state index in [2.05, 4.69) is 58.3 Å². The van der Waals surface area contributed by atoms with E-state index in [1.54, 1.807) is 0 Å². The molecule has 2 aromatic rings. The molecule has 4 rings (SSSR count). The van der Waals surface area contributed by atoms with Gasteiger partial charge in [0.1, 0.15) is 11.4 Å². The monoisotopic (exact) mass is 368 g/mol. The van der Waals surface area contributed by atoms with Gasteiger partial charge in [-0.05, 0) is 26.5 Å². The van der Waals surface area contributed by atoms with Gasteiger partial charge in [-0.2, -0.15) is 0 Å². The van der Waals surface area contributed by atoms with Crippen molar-refractivity contribution < 1.29 is 4.74 Å². The van der Waals surface area contributed by atoms with Crippen molar-refractivity contribution in [3.8, 4) is 5.75 Å². The van der Waals surface area contributed by atoms with Crippen LogP contribution in [0.4, 0.5) is 0 Å². The lowest BCUT2D eigenvalue weighted by Crippen LogP contribution is -2.53. The van der Waals surface area contributed by atoms with Crippen LogP contribution in [0, 0.1) is 6.92 Å². The Labute approximate surface area is 162 Å². The normalized spacial score (nSPS) is 20.3. The summed E-state index contributed by atoms with van der Waals surface area (Å²) in [6.45, 7) is 13.8. The number of aromatic nitrogens is 2. The Morgan fingerprint density at radius 3 is 2.67 bits per heavy atom. The highest BCUT2D eigenvalue weighted by Crippen LogP contribution is 2.36. The van der Waals surface area contributed by atoms with Gasteiger partial charge < -0.3 is 14.2 Å². The molecule has 0 atom stereocenters. The van der Waals surface area contributed by atoms with Crippen molar-refractivity contribution in [2.75, 3.05) is 26.2 Å². The molecule has 0 saturated carbocycles. The number of nitrogens with zero attached hydrogens (tertiary/aromatic N) is 4. The van der Waals surface area contributed by atoms with E-state index in [1.165, 1.54) is 16.8 Å². The molecule has 2 aliphatic heterocycles. The topological polar surface area (TPSA) is 33.5 Å². The molecule has 1 aromatic carbocycles. The van der Waals surface area contributed by atoms with Gasteiger partial charge in [-0.1, -0.05) is 24.6 Å². The molecule has 27 heavy (non-hydrogen) atoms. The molecule has 2 aliphatic rings. The fourth-order valence-corrected chi connectivity index (χ4v) is 4.54. The van der Waals surface area contributed by atoms with E-state index in [0.29, 0.717) is 0 Å². The summed E-state index contributed by atoms with van der Waals surface area (Å²) >= 11 is 0. The van der Waals surface area contributed by atoms with Crippen LogP contribution in [0.1, 0.15) is 43.5 Å². The summed E-state index contributed by atoms with van der Waals surface area (Å²) in [4.78, 5) is 9.46. The highest BCUT2D eigenvalue weighted by molar-refractivity contribution is 5.38. The van der Waals surface area contributed by atoms with Crippen molar-refractivity contribution in [2.45, 2.75) is 58.8 Å². The molecular weight excluding hydrogens is 336 g/mol. The third-order valence-corrected chi connectivity index (χ3v) is 6.19. The van der Waals surface area contributed by atoms with E-state index in [9.17, 15) is 0 Å². The number of hydrogen-bond acceptors (Lipinski definition) is 4. The van der Waals surface area contributed by atoms with Gasteiger partial charge in [-0.3, -0.25) is 4.90 Å². The van der Waals surface area contributed by atoms with Gasteiger partial charge in [0.15, 0.2) is 0 Å². The molecule has 1 fully saturated rings. The van der Waals surface area contributed by atoms with E-state index in [-0.39, 0.29) is 5.60 Å². The van der Waals surface area contributed by atoms with Crippen LogP contribution in [-0.4, -0.2) is 51.1 Å². The van der Waals surface area contributed by atoms with Crippen molar-refractivity contribution in [1.82, 2.24) is 19.4 Å². The molecule has 0 N–H and O–H groups in total. The fourth-order valence-electron chi connectivity index (χ4n) is 4.54. The van der Waals surface area contributed by atoms with Gasteiger partial charge in [0.05, 0.1) is 12.0 Å². The van der Waals surface area contributed by atoms with Crippen LogP contribution in [0.5, 0.6) is 5.75 Å². The Hall–Kier alpha value is -1.85. The molecule has 0 bridgehead atoms. The molecule has 1 spiro atoms. The molecule has 0 aliphatic carbocycles. The third kappa shape index (κ3) is 3.90. The summed E-state index contributed by atoms with van der Waals surface area (Å²) in [5, 5.41) is 0. The quantitative estimate of drug-likeness (QED) is 0.828. The minimum absolute atomic E-state index is 0.0801. The molecule has 1 saturated heterocycles. The predicted molar refractivity (Wildman–Crippen MR) is 108 cm³/mol. The smallest absolute Gasteiger partial charge is 0.124 e. The Balaban J connectivity index is 1.63. The lowest BCUT2D eigenvalue weighted by molar-refractivity contribution is -0.0190. The number of rotatable bonds is 4. The SMILES string of the molecule is CCN1CCC2(CC1)CN(Cc1cncn1CC)Cc1cc(C)ccc1O2. The molecule has 0 unspecified atom stereocenters. The van der Waals surface area contributed by atoms with Crippen LogP contribution in [-0.2, 0) is 19.6 Å². The first-order chi connectivity index (χ1) is 13.1. The Morgan fingerprint density at radius 2 is 1.93 bits per heavy atom. The minimum Gasteiger partial charge on any atom is -0.486 e. The van der Waals surface area contributed by atoms with Gasteiger partial charge in [-0.25, -0.2) is 4.98 Å². The largest absolute Gasteiger partial charge is 0.486 e. The van der Waals surface area contributed by atoms with E-state index in [1.807, 2.05) is 12.5 Å². The molecule has 0 radical (unpaired) electrons. The Bertz CT molecular complexity index is 776. The second kappa shape index (κ2) is 7.64. The molecule has 1 aromatic heterocycles. The van der Waals surface area contributed by atoms with Crippen LogP contribution in [0.25, 0.3) is 0 Å². The molecular formula is C22H32N4O. The first-order valence-electron chi connectivity index (χ1n) is 10.3. The summed E-state index contributed by atoms with van der Waals surface area (Å²) < 4.78 is 8.99. The third-order valence-electron chi connectivity index (χ3n) is 6.19. The van der Waals surface area contributed by atoms with E-state index < -0.39 is 0 Å². The number of ether oxygens (including phenoxy) is 1. The number of fused-ring (bicyclic) bond motifs is 1. The average Bonchev–Trinajstić information content (AvgIpc) is 3.05. The summed E-state index contributed by atoms with van der Waals surface area (Å²) in [6.07, 6.45) is 6.14. The molecule has 0 amide bonds. The standard InChI is InChI=1S/C22H32N4O/c1-4-24-10-8-22(9-11-24)16-25(15-20-13-23-17-26(20)5-2)14-19-12-18(3)6-7-21(19)27-22/h6-7,12-13,17H,4-5,8-11,14-16H2,1-3H3. The predicted octanol–water partition coefficient (Wildman–Crippen LogP) is 3.46. The van der Waals surface area contributed by atoms with Gasteiger partial charge in [0.2, 0.25) is 0 Å². The lowest BCUT2D eigenvalue weighted by Gasteiger charge is -2.42. The Kier molecular flexibility index (Phi) is 5.24. The van der Waals surface area contributed by atoms with Crippen molar-refractivity contribution >= 4 is 0 Å². The molecule has 146 valence electrons. The maximum absolute atomic E-state index is 6.75. The summed E-state index contributed by atoms with van der Waals surface area (Å²) in [7, 11) is 0. The maximum Gasteiger partial charge on any atom is 0.124 e. The second-order valence-electron chi connectivity index (χ2n) is 8.15. The molecule has 5 nitrogen and oxygen atoms in total. The van der Waals surface area contributed by atoms with E-state index >= 15 is 0 Å². The van der Waals surface area contributed by atoms with E-state index in [0.717, 1.165) is 64.4 Å². The number of likely N-dealkylation sites (tertiary alicyclic amines) is 1. The van der Waals surface area contributed by atoms with Gasteiger partial charge in [-0.15, -0.1) is 0 Å². The molecule has 5 heteroatoms. The number of aryl methyl sites for hydroxylation is 2. The summed E-state index contributed by atoms with van der Waals surface area (Å²) in [6, 6.07) is 6.65. The number of benzene rings is 1. The van der Waals surface area contributed by atoms with Crippen molar-refractivity contribution in [3.05, 3.63) is 47.5 Å². The highest BCUT2D eigenvalue weighted by Gasteiger charge is 2.40. The lowest BCUT2D eigenvalue weighted by atomic mass is 9.90. The highest BCUT2D eigenvalue weighted by atomic mass is 16.5. The number of imidazole rings is 1. The van der Waals surface area contributed by atoms with Crippen LogP contribution >= 0.6 is 0 Å². The van der Waals surface area contributed by atoms with Crippen molar-refractivity contribution in [2.24, 2.45) is 0 Å². The first-order valence-corrected chi connectivity index (χ1v) is 10.3. The first kappa shape index (κ1) is 18.5. The van der Waals surface area contributed by atoms with Gasteiger partial charge >= 0.3 is 0 Å². The van der Waals surface area contributed by atoms with Crippen LogP contribution in [0.3, 0.4) is 0 Å². The fraction of sp³-hybridized carbons (Fsp3) is 0.591. The van der Waals surface area contributed by atoms with Crippen LogP contribution < -0.4 is 4.74 Å². The average molecular weight is 369 g/mol. The van der Waals surface area contributed by atoms with E-state index in [4.69, 9.17) is 4.74 Å². The summed E-state index contributed by atoms with van der Waals surface area (Å²) in [5.74, 6) is 1.08.